The van der Waals surface area contributed by atoms with Crippen LogP contribution in [0.15, 0.2) is 11.6 Å². The number of amides is 1. The van der Waals surface area contributed by atoms with Gasteiger partial charge in [-0.3, -0.25) is 14.4 Å². The fraction of sp³-hybridized carbons (Fsp3) is 0.929. The Kier molecular flexibility index (Phi) is 36.2. The van der Waals surface area contributed by atoms with Crippen LogP contribution in [0.4, 0.5) is 0 Å². The maximum absolute atomic E-state index is 14.1. The van der Waals surface area contributed by atoms with Gasteiger partial charge in [0.15, 0.2) is 44.0 Å². The molecule has 41 heteroatoms. The summed E-state index contributed by atoms with van der Waals surface area (Å²) >= 11 is 0. The van der Waals surface area contributed by atoms with E-state index in [9.17, 15) is 121 Å². The van der Waals surface area contributed by atoms with Crippen LogP contribution in [0.25, 0.3) is 0 Å². The first-order valence-corrected chi connectivity index (χ1v) is 45.2. The second kappa shape index (κ2) is 44.9. The van der Waals surface area contributed by atoms with Gasteiger partial charge in [-0.1, -0.05) is 78.4 Å². The number of methoxy groups -OCH3 is 1. The number of hydrogen-bond donors (Lipinski definition) is 22. The number of rotatable bonds is 29. The fourth-order valence-corrected chi connectivity index (χ4v) is 22.1. The molecular formula is C85H140N2O39. The van der Waals surface area contributed by atoms with Gasteiger partial charge in [-0.15, -0.1) is 0 Å². The van der Waals surface area contributed by atoms with Gasteiger partial charge in [0, 0.05) is 31.7 Å². The smallest absolute Gasteiger partial charge is 0.328 e. The Bertz CT molecular complexity index is 3470. The van der Waals surface area contributed by atoms with Gasteiger partial charge in [0.25, 0.3) is 0 Å². The van der Waals surface area contributed by atoms with Gasteiger partial charge >= 0.3 is 5.97 Å². The molecule has 3 saturated carbocycles. The molecule has 41 nitrogen and oxygen atoms in total. The van der Waals surface area contributed by atoms with E-state index in [0.717, 1.165) is 42.9 Å². The van der Waals surface area contributed by atoms with E-state index in [-0.39, 0.29) is 74.0 Å². The van der Waals surface area contributed by atoms with Crippen molar-refractivity contribution in [2.24, 2.45) is 52.3 Å². The van der Waals surface area contributed by atoms with Crippen molar-refractivity contribution >= 4 is 23.4 Å². The molecule has 21 heterocycles. The Morgan fingerprint density at radius 2 is 0.810 bits per heavy atom. The van der Waals surface area contributed by atoms with Crippen LogP contribution in [0.3, 0.4) is 0 Å². The van der Waals surface area contributed by atoms with Crippen LogP contribution in [-0.2, 0) is 90.2 Å². The number of aliphatic hydroxyl groups excluding tert-OH is 20. The van der Waals surface area contributed by atoms with Gasteiger partial charge < -0.3 is 184 Å². The highest BCUT2D eigenvalue weighted by Gasteiger charge is 2.63. The van der Waals surface area contributed by atoms with Crippen LogP contribution in [0, 0.1) is 52.3 Å². The predicted octanol–water partition coefficient (Wildman–Crippen LogP) is -5.67. The van der Waals surface area contributed by atoms with Crippen molar-refractivity contribution < 1.29 is 192 Å². The highest BCUT2D eigenvalue weighted by atomic mass is 16.8. The highest BCUT2D eigenvalue weighted by molar-refractivity contribution is 5.86. The number of carbonyl (C=O) groups is 4. The van der Waals surface area contributed by atoms with Crippen LogP contribution < -0.4 is 10.6 Å². The minimum atomic E-state index is -2.26. The normalized spacial score (nSPS) is 46.4. The first-order chi connectivity index (χ1) is 60.1. The molecule has 0 radical (unpaired) electrons. The summed E-state index contributed by atoms with van der Waals surface area (Å²) in [5, 5.41) is 233. The Morgan fingerprint density at radius 1 is 0.421 bits per heavy atom. The average Bonchev–Trinajstić information content (AvgIpc) is 1.53. The third kappa shape index (κ3) is 22.1. The molecule has 24 fully saturated rings. The number of esters is 1. The number of ether oxygens (including phenoxy) is 15. The number of unbranched alkanes of at least 4 members (excludes halogenated alkanes) is 2. The largest absolute Gasteiger partial charge is 0.467 e. The molecule has 1 amide bonds. The molecule has 14 bridgehead atoms. The first kappa shape index (κ1) is 102. The molecule has 0 spiro atoms. The van der Waals surface area contributed by atoms with E-state index in [1.165, 1.54) is 57.6 Å². The van der Waals surface area contributed by atoms with Crippen LogP contribution >= 0.6 is 0 Å². The molecule has 126 heavy (non-hydrogen) atoms. The van der Waals surface area contributed by atoms with E-state index in [1.807, 2.05) is 0 Å². The third-order valence-corrected chi connectivity index (χ3v) is 29.4. The van der Waals surface area contributed by atoms with Crippen LogP contribution in [0.5, 0.6) is 0 Å². The van der Waals surface area contributed by atoms with Gasteiger partial charge in [0.05, 0.1) is 59.4 Å². The number of nitrogens with one attached hydrogen (secondary N) is 2. The molecule has 0 aromatic heterocycles. The van der Waals surface area contributed by atoms with Crippen molar-refractivity contribution in [3.63, 3.8) is 0 Å². The van der Waals surface area contributed by atoms with E-state index in [0.29, 0.717) is 49.4 Å². The minimum Gasteiger partial charge on any atom is -0.467 e. The number of fused-ring (bicyclic) bond motifs is 5. The lowest BCUT2D eigenvalue weighted by Gasteiger charge is -2.58. The second-order valence-electron chi connectivity index (χ2n) is 37.8. The maximum atomic E-state index is 14.1. The molecule has 44 atom stereocenters. The SMILES string of the molecule is COC(=O)[C@H](CCCCCC(=O)CNCCC(=O)CCC[C@@H]1O[C@H]2O[C@H]3[C@H](O)[C@@H](O)[C@@H](O[C@H]4[C@H](O)[C@@H](O)[C@@H](O[C@H]5[C@H](O)[C@@H](O)[C@@H](O[C@H]6[C@H](O)[C@@H](O)[C@@H](O[C@H]7[C@H](O)[C@@H](O)[C@@H](O[C@H]8[C@H](O)[C@@H](O)[C@@H](O[C@@H]1C(O)C2O)O[C@@H]8CO)O[C@@H]7CO)O[C@@H]6CO)O[C@@H]5CO)O[C@@H]4CO)O[C@@H]3CO)NC(=O)C1CC[C@@]2(C)C(=CC[C@H]3[C@@H]4CC[C@H]([C@H](C)CCCC(C)C)[C@@]4(C)CC[C@@H]32)C1. The van der Waals surface area contributed by atoms with Gasteiger partial charge in [-0.05, 0) is 123 Å². The van der Waals surface area contributed by atoms with Crippen LogP contribution in [0.1, 0.15) is 163 Å². The van der Waals surface area contributed by atoms with E-state index in [1.54, 1.807) is 0 Å². The van der Waals surface area contributed by atoms with Gasteiger partial charge in [-0.25, -0.2) is 4.79 Å². The highest BCUT2D eigenvalue weighted by Crippen LogP contribution is 2.68. The van der Waals surface area contributed by atoms with Gasteiger partial charge in [-0.2, -0.15) is 0 Å². The second-order valence-corrected chi connectivity index (χ2v) is 37.8. The molecule has 25 aliphatic rings. The van der Waals surface area contributed by atoms with Crippen LogP contribution in [-0.4, -0.2) is 406 Å². The molecule has 21 aliphatic heterocycles. The Morgan fingerprint density at radius 3 is 1.20 bits per heavy atom. The van der Waals surface area contributed by atoms with Crippen molar-refractivity contribution in [3.05, 3.63) is 11.6 Å². The number of hydrogen-bond acceptors (Lipinski definition) is 40. The summed E-state index contributed by atoms with van der Waals surface area (Å²) in [5.74, 6) is 2.77. The van der Waals surface area contributed by atoms with Crippen molar-refractivity contribution in [2.75, 3.05) is 59.8 Å². The average molecular weight is 1810 g/mol. The topological polar surface area (TPSA) is 635 Å². The monoisotopic (exact) mass is 1810 g/mol. The van der Waals surface area contributed by atoms with E-state index >= 15 is 0 Å². The Balaban J connectivity index is 0.661. The summed E-state index contributed by atoms with van der Waals surface area (Å²) in [4.78, 5) is 54.0. The van der Waals surface area contributed by atoms with Crippen LogP contribution in [0.2, 0.25) is 0 Å². The molecular weight excluding hydrogens is 1670 g/mol. The number of ketones is 2. The fourth-order valence-electron chi connectivity index (χ4n) is 22.1. The zero-order valence-electron chi connectivity index (χ0n) is 72.4. The van der Waals surface area contributed by atoms with E-state index in [2.05, 4.69) is 51.3 Å². The predicted molar refractivity (Wildman–Crippen MR) is 426 cm³/mol. The van der Waals surface area contributed by atoms with E-state index in [4.69, 9.17) is 71.1 Å². The lowest BCUT2D eigenvalue weighted by Crippen LogP contribution is -2.68. The van der Waals surface area contributed by atoms with Crippen molar-refractivity contribution in [3.8, 4) is 0 Å². The van der Waals surface area contributed by atoms with Crippen molar-refractivity contribution in [1.29, 1.82) is 0 Å². The minimum absolute atomic E-state index is 0.0487. The summed E-state index contributed by atoms with van der Waals surface area (Å²) in [7, 11) is 1.29. The molecule has 0 aromatic rings. The van der Waals surface area contributed by atoms with Gasteiger partial charge in [0.2, 0.25) is 5.91 Å². The standard InChI is InChI=1S/C85H140N2O39/c1-36(2)12-10-13-37(3)43-20-21-44-42-19-18-39-28-38(22-25-84(39,4)45(42)23-26-85(43,44)5)75(110)87-46(76(111)112-6)16-9-7-8-14-41(95)29-86-27-24-40(94)15-11-17-47-68-54(96)61(103)77(113-47)121-69-48(30-88)115-79(63(105)56(69)98)123-71-50(32-90)117-81(65(107)58(71)100)125-73-52(34-92)119-83(67(109)60(73)102)126-74-53(35-93)118-82(66(108)59(74)101)124-72-51(33-91)116-80(64(106)57(72)99)122-70-49(31-89)114-78(120-68)62(104)55(70)97/h18,36-38,42-74,77-83,86,88-93,96-109H,7-17,19-35H2,1-6H3,(H,87,110)/t37-,38?,42+,43-,44+,45+,46+,47+,48-,49-,50-,51-,52-,53-,54?,55-,56-,57-,58-,59-,60-,61?,62-,63-,64-,65-,66-,67-,68+,69-,70-,71-,72-,73-,74-,77+,78-,79-,80-,81-,82-,83-,84+,85-/m1/s1. The summed E-state index contributed by atoms with van der Waals surface area (Å²) in [6, 6.07) is -0.856. The quantitative estimate of drug-likeness (QED) is 0.0189. The molecule has 4 aliphatic carbocycles. The van der Waals surface area contributed by atoms with Crippen molar-refractivity contribution in [2.45, 2.75) is 384 Å². The first-order valence-electron chi connectivity index (χ1n) is 45.2. The molecule has 22 N–H and O–H groups in total. The molecule has 0 aromatic carbocycles. The summed E-state index contributed by atoms with van der Waals surface area (Å²) in [6.07, 6.45) is -55.1. The summed E-state index contributed by atoms with van der Waals surface area (Å²) < 4.78 is 87.3. The Hall–Kier alpha value is -3.38. The zero-order chi connectivity index (χ0) is 91.2. The third-order valence-electron chi connectivity index (χ3n) is 29.4. The lowest BCUT2D eigenvalue weighted by molar-refractivity contribution is -0.396. The summed E-state index contributed by atoms with van der Waals surface area (Å²) in [5.41, 5.74) is 1.81. The maximum Gasteiger partial charge on any atom is 0.328 e. The van der Waals surface area contributed by atoms with Crippen molar-refractivity contribution in [1.82, 2.24) is 10.6 Å². The zero-order valence-corrected chi connectivity index (χ0v) is 72.4. The molecule has 21 saturated heterocycles. The lowest BCUT2D eigenvalue weighted by atomic mass is 9.46. The number of allylic oxidation sites excluding steroid dienone is 2. The molecule has 3 unspecified atom stereocenters. The molecule has 25 rings (SSSR count). The van der Waals surface area contributed by atoms with Gasteiger partial charge in [0.1, 0.15) is 182 Å². The molecule has 724 valence electrons. The number of carbonyl (C=O) groups excluding carboxylic acids is 4. The number of aliphatic hydroxyl groups is 20. The summed E-state index contributed by atoms with van der Waals surface area (Å²) in [6.45, 7) is 5.70. The van der Waals surface area contributed by atoms with E-state index < -0.39 is 267 Å². The Labute approximate surface area is 731 Å². The number of Topliss-reactive ketones (excluding diaryl/α,β-unsaturated/α-hetero) is 2.